The van der Waals surface area contributed by atoms with Crippen molar-refractivity contribution in [2.45, 2.75) is 51.6 Å². The average Bonchev–Trinajstić information content (AvgIpc) is 2.97. The molecule has 1 amide bonds. The summed E-state index contributed by atoms with van der Waals surface area (Å²) in [7, 11) is 1.37. The number of carbonyl (C=O) groups excluding carboxylic acids is 2. The molecule has 1 N–H and O–H groups in total. The number of ether oxygens (including phenoxy) is 1. The van der Waals surface area contributed by atoms with Gasteiger partial charge in [0.05, 0.1) is 7.11 Å². The van der Waals surface area contributed by atoms with Gasteiger partial charge in [0.1, 0.15) is 0 Å². The van der Waals surface area contributed by atoms with Gasteiger partial charge in [-0.25, -0.2) is 0 Å². The molecule has 0 aromatic heterocycles. The zero-order valence-electron chi connectivity index (χ0n) is 14.9. The van der Waals surface area contributed by atoms with E-state index < -0.39 is 0 Å². The lowest BCUT2D eigenvalue weighted by Crippen LogP contribution is -2.33. The van der Waals surface area contributed by atoms with Crippen molar-refractivity contribution in [2.75, 3.05) is 13.7 Å². The quantitative estimate of drug-likeness (QED) is 0.469. The van der Waals surface area contributed by atoms with Crippen LogP contribution in [-0.2, 0) is 16.1 Å². The van der Waals surface area contributed by atoms with E-state index in [4.69, 9.17) is 5.11 Å². The Morgan fingerprint density at radius 1 is 1.40 bits per heavy atom. The molecule has 0 bridgehead atoms. The molecule has 1 heterocycles. The molecule has 1 aliphatic heterocycles. The molecule has 0 radical (unpaired) electrons. The molecule has 25 heavy (non-hydrogen) atoms. The molecule has 1 aliphatic rings. The van der Waals surface area contributed by atoms with Crippen LogP contribution in [0.1, 0.15) is 60.5 Å². The smallest absolute Gasteiger partial charge is 0.305 e. The summed E-state index contributed by atoms with van der Waals surface area (Å²) in [4.78, 5) is 25.8. The fraction of sp³-hybridized carbons (Fsp3) is 0.500. The van der Waals surface area contributed by atoms with E-state index in [-0.39, 0.29) is 24.5 Å². The van der Waals surface area contributed by atoms with Crippen molar-refractivity contribution in [3.63, 3.8) is 0 Å². The van der Waals surface area contributed by atoms with Gasteiger partial charge in [-0.1, -0.05) is 17.9 Å². The molecule has 1 aromatic carbocycles. The fourth-order valence-corrected chi connectivity index (χ4v) is 2.90. The molecule has 0 aliphatic carbocycles. The van der Waals surface area contributed by atoms with Gasteiger partial charge >= 0.3 is 5.97 Å². The highest BCUT2D eigenvalue weighted by Gasteiger charge is 2.32. The van der Waals surface area contributed by atoms with E-state index in [9.17, 15) is 9.59 Å². The lowest BCUT2D eigenvalue weighted by molar-refractivity contribution is -0.141. The summed E-state index contributed by atoms with van der Waals surface area (Å²) in [5, 5.41) is 8.79. The molecule has 5 nitrogen and oxygen atoms in total. The predicted octanol–water partition coefficient (Wildman–Crippen LogP) is 2.50. The van der Waals surface area contributed by atoms with E-state index in [0.29, 0.717) is 24.9 Å². The summed E-state index contributed by atoms with van der Waals surface area (Å²) in [6, 6.07) is 5.59. The van der Waals surface area contributed by atoms with Gasteiger partial charge in [-0.2, -0.15) is 0 Å². The number of fused-ring (bicyclic) bond motifs is 1. The van der Waals surface area contributed by atoms with Crippen LogP contribution in [0.4, 0.5) is 0 Å². The molecular weight excluding hydrogens is 318 g/mol. The average molecular weight is 343 g/mol. The number of esters is 1. The molecule has 0 unspecified atom stereocenters. The van der Waals surface area contributed by atoms with Crippen molar-refractivity contribution < 1.29 is 19.4 Å². The van der Waals surface area contributed by atoms with Crippen LogP contribution in [-0.4, -0.2) is 41.6 Å². The fourth-order valence-electron chi connectivity index (χ4n) is 2.90. The van der Waals surface area contributed by atoms with Gasteiger partial charge in [-0.15, -0.1) is 0 Å². The predicted molar refractivity (Wildman–Crippen MR) is 94.8 cm³/mol. The first kappa shape index (κ1) is 19.0. The standard InChI is InChI=1S/C20H25NO4/c1-15(11-12-19(23)25-2)21-14-18-16(8-5-3-4-6-13-22)9-7-10-17(18)20(21)24/h7,9-10,15,22H,3-4,6,11-14H2,1-2H3/t15-/m1/s1. The highest BCUT2D eigenvalue weighted by molar-refractivity contribution is 5.99. The molecule has 0 saturated heterocycles. The molecule has 134 valence electrons. The molecule has 1 aromatic rings. The number of benzene rings is 1. The Labute approximate surface area is 149 Å². The summed E-state index contributed by atoms with van der Waals surface area (Å²) < 4.78 is 4.67. The number of hydrogen-bond acceptors (Lipinski definition) is 4. The van der Waals surface area contributed by atoms with Crippen LogP contribution < -0.4 is 0 Å². The number of rotatable bonds is 7. The van der Waals surface area contributed by atoms with Gasteiger partial charge in [0.25, 0.3) is 5.91 Å². The van der Waals surface area contributed by atoms with E-state index in [2.05, 4.69) is 16.6 Å². The van der Waals surface area contributed by atoms with Gasteiger partial charge in [-0.3, -0.25) is 9.59 Å². The summed E-state index contributed by atoms with van der Waals surface area (Å²) >= 11 is 0. The van der Waals surface area contributed by atoms with E-state index in [1.54, 1.807) is 4.90 Å². The van der Waals surface area contributed by atoms with Crippen LogP contribution >= 0.6 is 0 Å². The third-order valence-corrected chi connectivity index (χ3v) is 4.45. The maximum Gasteiger partial charge on any atom is 0.305 e. The van der Waals surface area contributed by atoms with Crippen molar-refractivity contribution in [1.82, 2.24) is 4.90 Å². The second kappa shape index (κ2) is 9.24. The van der Waals surface area contributed by atoms with Gasteiger partial charge in [0, 0.05) is 43.2 Å². The molecule has 0 spiro atoms. The van der Waals surface area contributed by atoms with Crippen molar-refractivity contribution in [3.05, 3.63) is 34.9 Å². The summed E-state index contributed by atoms with van der Waals surface area (Å²) in [6.07, 6.45) is 3.24. The highest BCUT2D eigenvalue weighted by Crippen LogP contribution is 2.28. The number of aliphatic hydroxyl groups excluding tert-OH is 1. The van der Waals surface area contributed by atoms with E-state index in [0.717, 1.165) is 30.4 Å². The van der Waals surface area contributed by atoms with Gasteiger partial charge in [0.15, 0.2) is 0 Å². The Morgan fingerprint density at radius 3 is 2.92 bits per heavy atom. The minimum absolute atomic E-state index is 0.00343. The Hall–Kier alpha value is -2.32. The third-order valence-electron chi connectivity index (χ3n) is 4.45. The van der Waals surface area contributed by atoms with Crippen molar-refractivity contribution >= 4 is 11.9 Å². The van der Waals surface area contributed by atoms with E-state index in [1.165, 1.54) is 7.11 Å². The van der Waals surface area contributed by atoms with Gasteiger partial charge in [0.2, 0.25) is 0 Å². The number of nitrogens with zero attached hydrogens (tertiary/aromatic N) is 1. The number of unbranched alkanes of at least 4 members (excludes halogenated alkanes) is 2. The summed E-state index contributed by atoms with van der Waals surface area (Å²) in [6.45, 7) is 2.67. The SMILES string of the molecule is COC(=O)CC[C@@H](C)N1Cc2c(C#CCCCCO)cccc2C1=O. The first-order valence-electron chi connectivity index (χ1n) is 8.68. The summed E-state index contributed by atoms with van der Waals surface area (Å²) in [5.74, 6) is 6.02. The van der Waals surface area contributed by atoms with Crippen LogP contribution in [0.3, 0.4) is 0 Å². The zero-order valence-corrected chi connectivity index (χ0v) is 14.9. The van der Waals surface area contributed by atoms with Crippen molar-refractivity contribution in [2.24, 2.45) is 0 Å². The maximum atomic E-state index is 12.7. The van der Waals surface area contributed by atoms with E-state index in [1.807, 2.05) is 25.1 Å². The molecule has 0 fully saturated rings. The van der Waals surface area contributed by atoms with Crippen LogP contribution in [0.15, 0.2) is 18.2 Å². The lowest BCUT2D eigenvalue weighted by atomic mass is 10.0. The minimum atomic E-state index is -0.259. The van der Waals surface area contributed by atoms with Crippen LogP contribution in [0.5, 0.6) is 0 Å². The first-order valence-corrected chi connectivity index (χ1v) is 8.68. The van der Waals surface area contributed by atoms with Crippen LogP contribution in [0.2, 0.25) is 0 Å². The number of hydrogen-bond donors (Lipinski definition) is 1. The molecule has 5 heteroatoms. The Kier molecular flexibility index (Phi) is 7.03. The second-order valence-corrected chi connectivity index (χ2v) is 6.21. The van der Waals surface area contributed by atoms with Crippen LogP contribution in [0.25, 0.3) is 0 Å². The largest absolute Gasteiger partial charge is 0.469 e. The molecular formula is C20H25NO4. The molecule has 1 atom stereocenters. The second-order valence-electron chi connectivity index (χ2n) is 6.21. The number of amides is 1. The summed E-state index contributed by atoms with van der Waals surface area (Å²) in [5.41, 5.74) is 2.55. The molecule has 0 saturated carbocycles. The monoisotopic (exact) mass is 343 g/mol. The highest BCUT2D eigenvalue weighted by atomic mass is 16.5. The third kappa shape index (κ3) is 4.83. The lowest BCUT2D eigenvalue weighted by Gasteiger charge is -2.23. The Balaban J connectivity index is 2.07. The molecule has 2 rings (SSSR count). The topological polar surface area (TPSA) is 66.8 Å². The van der Waals surface area contributed by atoms with Gasteiger partial charge in [-0.05, 0) is 43.9 Å². The number of methoxy groups -OCH3 is 1. The van der Waals surface area contributed by atoms with Crippen molar-refractivity contribution in [3.8, 4) is 11.8 Å². The first-order chi connectivity index (χ1) is 12.1. The number of carbonyl (C=O) groups is 2. The Morgan fingerprint density at radius 2 is 2.20 bits per heavy atom. The Bertz CT molecular complexity index is 687. The zero-order chi connectivity index (χ0) is 18.2. The van der Waals surface area contributed by atoms with Gasteiger partial charge < -0.3 is 14.7 Å². The number of aliphatic hydroxyl groups is 1. The van der Waals surface area contributed by atoms with Crippen LogP contribution in [0, 0.1) is 11.8 Å². The van der Waals surface area contributed by atoms with Crippen molar-refractivity contribution in [1.29, 1.82) is 0 Å². The maximum absolute atomic E-state index is 12.7. The minimum Gasteiger partial charge on any atom is -0.469 e. The normalized spacial score (nSPS) is 13.9. The van der Waals surface area contributed by atoms with E-state index >= 15 is 0 Å².